The molecule has 0 radical (unpaired) electrons. The van der Waals surface area contributed by atoms with Gasteiger partial charge in [0.05, 0.1) is 11.6 Å². The molecular weight excluding hydrogens is 422 g/mol. The zero-order chi connectivity index (χ0) is 22.2. The van der Waals surface area contributed by atoms with Crippen LogP contribution in [0.25, 0.3) is 11.0 Å². The van der Waals surface area contributed by atoms with E-state index in [9.17, 15) is 0 Å². The Morgan fingerprint density at radius 1 is 0.906 bits per heavy atom. The molecule has 7 nitrogen and oxygen atoms in total. The summed E-state index contributed by atoms with van der Waals surface area (Å²) in [5.41, 5.74) is 5.48. The molecule has 4 aromatic rings. The minimum Gasteiger partial charge on any atom is -0.368 e. The van der Waals surface area contributed by atoms with Gasteiger partial charge in [0.1, 0.15) is 5.82 Å². The van der Waals surface area contributed by atoms with Crippen molar-refractivity contribution in [2.24, 2.45) is 7.05 Å². The number of rotatable bonds is 4. The number of hydrogen-bond acceptors (Lipinski definition) is 6. The third-order valence-corrected chi connectivity index (χ3v) is 6.32. The average Bonchev–Trinajstić information content (AvgIpc) is 3.17. The summed E-state index contributed by atoms with van der Waals surface area (Å²) in [5.74, 6) is 1.50. The molecular formula is C24H26ClN7. The lowest BCUT2D eigenvalue weighted by atomic mass is 10.1. The minimum atomic E-state index is 0.721. The van der Waals surface area contributed by atoms with Crippen molar-refractivity contribution in [1.82, 2.24) is 19.7 Å². The summed E-state index contributed by atoms with van der Waals surface area (Å²) in [7, 11) is 1.91. The molecule has 2 aromatic carbocycles. The quantitative estimate of drug-likeness (QED) is 0.489. The lowest BCUT2D eigenvalue weighted by Gasteiger charge is -2.36. The molecule has 1 aliphatic rings. The number of aryl methyl sites for hydroxylation is 3. The molecule has 2 aromatic heterocycles. The van der Waals surface area contributed by atoms with Crippen LogP contribution in [0.1, 0.15) is 11.1 Å². The monoisotopic (exact) mass is 447 g/mol. The van der Waals surface area contributed by atoms with Crippen LogP contribution in [0.15, 0.2) is 48.7 Å². The fourth-order valence-corrected chi connectivity index (χ4v) is 4.23. The normalized spacial score (nSPS) is 14.2. The van der Waals surface area contributed by atoms with Crippen molar-refractivity contribution >= 4 is 45.8 Å². The molecule has 0 amide bonds. The lowest BCUT2D eigenvalue weighted by molar-refractivity contribution is 0.640. The van der Waals surface area contributed by atoms with Crippen molar-refractivity contribution in [3.8, 4) is 0 Å². The molecule has 1 fully saturated rings. The highest BCUT2D eigenvalue weighted by Gasteiger charge is 2.22. The Balaban J connectivity index is 1.42. The maximum Gasteiger partial charge on any atom is 0.229 e. The van der Waals surface area contributed by atoms with Crippen LogP contribution in [0.5, 0.6) is 0 Å². The Morgan fingerprint density at radius 2 is 1.69 bits per heavy atom. The van der Waals surface area contributed by atoms with Gasteiger partial charge in [-0.05, 0) is 55.3 Å². The number of benzene rings is 2. The summed E-state index contributed by atoms with van der Waals surface area (Å²) in [6, 6.07) is 14.4. The highest BCUT2D eigenvalue weighted by molar-refractivity contribution is 6.30. The van der Waals surface area contributed by atoms with Crippen LogP contribution in [-0.2, 0) is 7.05 Å². The summed E-state index contributed by atoms with van der Waals surface area (Å²) >= 11 is 6.18. The van der Waals surface area contributed by atoms with Crippen LogP contribution in [0.4, 0.5) is 23.1 Å². The zero-order valence-electron chi connectivity index (χ0n) is 18.5. The smallest absolute Gasteiger partial charge is 0.229 e. The molecule has 1 aliphatic heterocycles. The average molecular weight is 448 g/mol. The minimum absolute atomic E-state index is 0.721. The lowest BCUT2D eigenvalue weighted by Crippen LogP contribution is -2.47. The van der Waals surface area contributed by atoms with Crippen LogP contribution in [-0.4, -0.2) is 45.9 Å². The van der Waals surface area contributed by atoms with Crippen molar-refractivity contribution in [2.75, 3.05) is 41.3 Å². The van der Waals surface area contributed by atoms with Crippen molar-refractivity contribution in [1.29, 1.82) is 0 Å². The maximum absolute atomic E-state index is 6.18. The number of halogens is 1. The van der Waals surface area contributed by atoms with Crippen LogP contribution in [0.2, 0.25) is 5.02 Å². The zero-order valence-corrected chi connectivity index (χ0v) is 19.3. The summed E-state index contributed by atoms with van der Waals surface area (Å²) in [5, 5.41) is 9.57. The van der Waals surface area contributed by atoms with Gasteiger partial charge >= 0.3 is 0 Å². The second-order valence-corrected chi connectivity index (χ2v) is 8.69. The predicted octanol–water partition coefficient (Wildman–Crippen LogP) is 4.70. The number of hydrogen-bond donors (Lipinski definition) is 1. The molecule has 0 aliphatic carbocycles. The fraction of sp³-hybridized carbons (Fsp3) is 0.292. The SMILES string of the molecule is Cc1ccc(Nc2nc(N3CCN(c4cccc(Cl)c4)CC3)nc3c2cnn3C)cc1C. The van der Waals surface area contributed by atoms with Crippen molar-refractivity contribution in [3.63, 3.8) is 0 Å². The number of nitrogens with one attached hydrogen (secondary N) is 1. The highest BCUT2D eigenvalue weighted by Crippen LogP contribution is 2.28. The first kappa shape index (κ1) is 20.6. The summed E-state index contributed by atoms with van der Waals surface area (Å²) in [4.78, 5) is 14.3. The highest BCUT2D eigenvalue weighted by atomic mass is 35.5. The molecule has 1 saturated heterocycles. The molecule has 0 saturated carbocycles. The molecule has 5 rings (SSSR count). The molecule has 164 valence electrons. The standard InChI is InChI=1S/C24H26ClN7/c1-16-7-8-19(13-17(16)2)27-22-21-15-26-30(3)23(21)29-24(28-22)32-11-9-31(10-12-32)20-6-4-5-18(25)14-20/h4-8,13-15H,9-12H2,1-3H3,(H,27,28,29). The van der Waals surface area contributed by atoms with Crippen LogP contribution in [0.3, 0.4) is 0 Å². The first-order valence-electron chi connectivity index (χ1n) is 10.8. The van der Waals surface area contributed by atoms with Gasteiger partial charge in [0, 0.05) is 49.6 Å². The summed E-state index contributed by atoms with van der Waals surface area (Å²) in [6.07, 6.45) is 1.82. The number of piperazine rings is 1. The van der Waals surface area contributed by atoms with Crippen molar-refractivity contribution < 1.29 is 0 Å². The fourth-order valence-electron chi connectivity index (χ4n) is 4.04. The molecule has 0 spiro atoms. The number of fused-ring (bicyclic) bond motifs is 1. The summed E-state index contributed by atoms with van der Waals surface area (Å²) in [6.45, 7) is 7.66. The van der Waals surface area contributed by atoms with E-state index >= 15 is 0 Å². The number of anilines is 4. The first-order chi connectivity index (χ1) is 15.5. The Labute approximate surface area is 192 Å². The van der Waals surface area contributed by atoms with Gasteiger partial charge in [0.2, 0.25) is 5.95 Å². The van der Waals surface area contributed by atoms with Crippen molar-refractivity contribution in [2.45, 2.75) is 13.8 Å². The Kier molecular flexibility index (Phi) is 5.35. The van der Waals surface area contributed by atoms with Crippen LogP contribution in [0, 0.1) is 13.8 Å². The van der Waals surface area contributed by atoms with E-state index in [1.807, 2.05) is 31.4 Å². The Bertz CT molecular complexity index is 1270. The van der Waals surface area contributed by atoms with Crippen LogP contribution >= 0.6 is 11.6 Å². The summed E-state index contributed by atoms with van der Waals surface area (Å²) < 4.78 is 1.80. The van der Waals surface area contributed by atoms with E-state index in [2.05, 4.69) is 58.3 Å². The van der Waals surface area contributed by atoms with Crippen molar-refractivity contribution in [3.05, 3.63) is 64.8 Å². The number of aromatic nitrogens is 4. The largest absolute Gasteiger partial charge is 0.368 e. The van der Waals surface area contributed by atoms with Gasteiger partial charge in [-0.1, -0.05) is 23.7 Å². The predicted molar refractivity (Wildman–Crippen MR) is 131 cm³/mol. The van der Waals surface area contributed by atoms with Crippen LogP contribution < -0.4 is 15.1 Å². The second kappa shape index (κ2) is 8.31. The van der Waals surface area contributed by atoms with Gasteiger partial charge in [-0.3, -0.25) is 4.68 Å². The van der Waals surface area contributed by atoms with E-state index in [1.165, 1.54) is 11.1 Å². The first-order valence-corrected chi connectivity index (χ1v) is 11.2. The third kappa shape index (κ3) is 3.96. The van der Waals surface area contributed by atoms with E-state index in [-0.39, 0.29) is 0 Å². The van der Waals surface area contributed by atoms with E-state index in [1.54, 1.807) is 4.68 Å². The van der Waals surface area contributed by atoms with Gasteiger partial charge in [0.15, 0.2) is 5.65 Å². The molecule has 8 heteroatoms. The molecule has 0 atom stereocenters. The maximum atomic E-state index is 6.18. The third-order valence-electron chi connectivity index (χ3n) is 6.09. The van der Waals surface area contributed by atoms with E-state index in [4.69, 9.17) is 21.6 Å². The number of nitrogens with zero attached hydrogens (tertiary/aromatic N) is 6. The topological polar surface area (TPSA) is 62.1 Å². The van der Waals surface area contributed by atoms with Gasteiger partial charge in [-0.25, -0.2) is 0 Å². The molecule has 3 heterocycles. The van der Waals surface area contributed by atoms with Gasteiger partial charge in [-0.15, -0.1) is 0 Å². The molecule has 1 N–H and O–H groups in total. The molecule has 32 heavy (non-hydrogen) atoms. The second-order valence-electron chi connectivity index (χ2n) is 8.26. The van der Waals surface area contributed by atoms with Gasteiger partial charge in [-0.2, -0.15) is 15.1 Å². The molecule has 0 unspecified atom stereocenters. The Morgan fingerprint density at radius 3 is 2.44 bits per heavy atom. The van der Waals surface area contributed by atoms with Gasteiger partial charge < -0.3 is 15.1 Å². The molecule has 0 bridgehead atoms. The van der Waals surface area contributed by atoms with E-state index in [0.717, 1.165) is 65.4 Å². The van der Waals surface area contributed by atoms with E-state index in [0.29, 0.717) is 0 Å². The Hall–Kier alpha value is -3.32. The van der Waals surface area contributed by atoms with Gasteiger partial charge in [0.25, 0.3) is 0 Å². The van der Waals surface area contributed by atoms with E-state index < -0.39 is 0 Å².